The third kappa shape index (κ3) is 3.33. The lowest BCUT2D eigenvalue weighted by Crippen LogP contribution is -2.55. The summed E-state index contributed by atoms with van der Waals surface area (Å²) in [6.07, 6.45) is 0. The molecule has 0 spiro atoms. The average Bonchev–Trinajstić information content (AvgIpc) is 2.97. The summed E-state index contributed by atoms with van der Waals surface area (Å²) in [4.78, 5) is 12.3. The minimum atomic E-state index is -0.488. The molecule has 1 atom stereocenters. The fourth-order valence-corrected chi connectivity index (χ4v) is 1.96. The van der Waals surface area contributed by atoms with E-state index in [-0.39, 0.29) is 17.6 Å². The van der Waals surface area contributed by atoms with E-state index < -0.39 is 5.54 Å². The highest BCUT2D eigenvalue weighted by atomic mass is 19.1. The molecule has 1 unspecified atom stereocenters. The zero-order chi connectivity index (χ0) is 16.3. The fourth-order valence-electron chi connectivity index (χ4n) is 1.96. The van der Waals surface area contributed by atoms with Crippen LogP contribution in [-0.2, 0) is 0 Å². The first-order chi connectivity index (χ1) is 10.4. The van der Waals surface area contributed by atoms with E-state index in [4.69, 9.17) is 5.73 Å². The molecule has 1 aromatic heterocycles. The van der Waals surface area contributed by atoms with Gasteiger partial charge >= 0.3 is 0 Å². The second-order valence-electron chi connectivity index (χ2n) is 5.90. The molecular weight excluding hydrogens is 283 g/mol. The maximum absolute atomic E-state index is 12.9. The first-order valence-corrected chi connectivity index (χ1v) is 7.19. The Kier molecular flexibility index (Phi) is 4.61. The summed E-state index contributed by atoms with van der Waals surface area (Å²) in [6.45, 7) is 6.26. The molecule has 0 radical (unpaired) electrons. The molecular formula is C16H21FN4O. The molecule has 0 aliphatic rings. The quantitative estimate of drug-likeness (QED) is 0.792. The Bertz CT molecular complexity index is 650. The smallest absolute Gasteiger partial charge is 0.269 e. The van der Waals surface area contributed by atoms with Crippen molar-refractivity contribution in [3.8, 4) is 11.3 Å². The molecule has 2 aromatic rings. The van der Waals surface area contributed by atoms with E-state index in [0.717, 1.165) is 5.56 Å². The van der Waals surface area contributed by atoms with Crippen LogP contribution in [0.1, 0.15) is 31.3 Å². The number of nitrogens with one attached hydrogen (secondary N) is 2. The van der Waals surface area contributed by atoms with Crippen molar-refractivity contribution in [1.29, 1.82) is 0 Å². The summed E-state index contributed by atoms with van der Waals surface area (Å²) < 4.78 is 12.9. The van der Waals surface area contributed by atoms with Crippen LogP contribution in [0.15, 0.2) is 30.3 Å². The SMILES string of the molecule is CC(C)C(C)(CN)NC(=O)c1cc(-c2ccc(F)cc2)n[nH]1. The second-order valence-corrected chi connectivity index (χ2v) is 5.90. The lowest BCUT2D eigenvalue weighted by atomic mass is 9.88. The summed E-state index contributed by atoms with van der Waals surface area (Å²) in [7, 11) is 0. The van der Waals surface area contributed by atoms with E-state index >= 15 is 0 Å². The Morgan fingerprint density at radius 1 is 1.41 bits per heavy atom. The highest BCUT2D eigenvalue weighted by molar-refractivity contribution is 5.93. The number of aromatic amines is 1. The minimum Gasteiger partial charge on any atom is -0.344 e. The van der Waals surface area contributed by atoms with Crippen molar-refractivity contribution in [3.63, 3.8) is 0 Å². The Morgan fingerprint density at radius 3 is 2.59 bits per heavy atom. The summed E-state index contributed by atoms with van der Waals surface area (Å²) in [5, 5.41) is 9.74. The third-order valence-corrected chi connectivity index (χ3v) is 4.06. The van der Waals surface area contributed by atoms with Gasteiger partial charge in [-0.1, -0.05) is 13.8 Å². The summed E-state index contributed by atoms with van der Waals surface area (Å²) in [6, 6.07) is 7.58. The minimum absolute atomic E-state index is 0.195. The van der Waals surface area contributed by atoms with Crippen molar-refractivity contribution in [2.45, 2.75) is 26.3 Å². The van der Waals surface area contributed by atoms with E-state index in [1.54, 1.807) is 18.2 Å². The van der Waals surface area contributed by atoms with Crippen LogP contribution in [0.4, 0.5) is 4.39 Å². The molecule has 22 heavy (non-hydrogen) atoms. The van der Waals surface area contributed by atoms with Crippen LogP contribution in [0.2, 0.25) is 0 Å². The molecule has 0 bridgehead atoms. The van der Waals surface area contributed by atoms with E-state index in [1.165, 1.54) is 12.1 Å². The summed E-state index contributed by atoms with van der Waals surface area (Å²) in [5.41, 5.74) is 6.95. The number of nitrogens with zero attached hydrogens (tertiary/aromatic N) is 1. The average molecular weight is 304 g/mol. The molecule has 1 heterocycles. The normalized spacial score (nSPS) is 13.9. The van der Waals surface area contributed by atoms with Crippen molar-refractivity contribution in [2.75, 3.05) is 6.54 Å². The van der Waals surface area contributed by atoms with E-state index in [0.29, 0.717) is 17.9 Å². The standard InChI is InChI=1S/C16H21FN4O/c1-10(2)16(3,9-18)19-15(22)14-8-13(20-21-14)11-4-6-12(17)7-5-11/h4-8,10H,9,18H2,1-3H3,(H,19,22)(H,20,21). The molecule has 0 saturated carbocycles. The number of H-pyrrole nitrogens is 1. The summed E-state index contributed by atoms with van der Waals surface area (Å²) in [5.74, 6) is -0.378. The maximum Gasteiger partial charge on any atom is 0.269 e. The molecule has 2 rings (SSSR count). The van der Waals surface area contributed by atoms with Gasteiger partial charge in [0, 0.05) is 12.1 Å². The molecule has 1 amide bonds. The Labute approximate surface area is 129 Å². The van der Waals surface area contributed by atoms with Crippen molar-refractivity contribution >= 4 is 5.91 Å². The van der Waals surface area contributed by atoms with Gasteiger partial charge in [-0.15, -0.1) is 0 Å². The summed E-state index contributed by atoms with van der Waals surface area (Å²) >= 11 is 0. The van der Waals surface area contributed by atoms with Crippen LogP contribution >= 0.6 is 0 Å². The van der Waals surface area contributed by atoms with Crippen LogP contribution in [0, 0.1) is 11.7 Å². The highest BCUT2D eigenvalue weighted by Gasteiger charge is 2.29. The number of benzene rings is 1. The molecule has 0 fully saturated rings. The van der Waals surface area contributed by atoms with Crippen molar-refractivity contribution in [2.24, 2.45) is 11.7 Å². The number of nitrogens with two attached hydrogens (primary N) is 1. The van der Waals surface area contributed by atoms with Crippen LogP contribution in [0.25, 0.3) is 11.3 Å². The number of rotatable bonds is 5. The first kappa shape index (κ1) is 16.2. The topological polar surface area (TPSA) is 83.8 Å². The lowest BCUT2D eigenvalue weighted by molar-refractivity contribution is 0.0878. The van der Waals surface area contributed by atoms with Gasteiger partial charge in [-0.2, -0.15) is 5.10 Å². The van der Waals surface area contributed by atoms with Crippen LogP contribution in [0.5, 0.6) is 0 Å². The Morgan fingerprint density at radius 2 is 2.05 bits per heavy atom. The molecule has 0 aliphatic carbocycles. The zero-order valence-electron chi connectivity index (χ0n) is 13.0. The number of hydrogen-bond donors (Lipinski definition) is 3. The zero-order valence-corrected chi connectivity index (χ0v) is 13.0. The van der Waals surface area contributed by atoms with Crippen molar-refractivity contribution in [3.05, 3.63) is 41.8 Å². The van der Waals surface area contributed by atoms with Crippen LogP contribution in [0.3, 0.4) is 0 Å². The molecule has 0 saturated heterocycles. The highest BCUT2D eigenvalue weighted by Crippen LogP contribution is 2.19. The Balaban J connectivity index is 2.17. The molecule has 4 N–H and O–H groups in total. The molecule has 6 heteroatoms. The second kappa shape index (κ2) is 6.27. The van der Waals surface area contributed by atoms with Crippen molar-refractivity contribution in [1.82, 2.24) is 15.5 Å². The van der Waals surface area contributed by atoms with Gasteiger partial charge < -0.3 is 11.1 Å². The first-order valence-electron chi connectivity index (χ1n) is 7.19. The number of hydrogen-bond acceptors (Lipinski definition) is 3. The number of carbonyl (C=O) groups excluding carboxylic acids is 1. The predicted molar refractivity (Wildman–Crippen MR) is 83.7 cm³/mol. The number of halogens is 1. The van der Waals surface area contributed by atoms with Gasteiger partial charge in [-0.25, -0.2) is 4.39 Å². The maximum atomic E-state index is 12.9. The van der Waals surface area contributed by atoms with Gasteiger partial charge in [0.15, 0.2) is 0 Å². The van der Waals surface area contributed by atoms with Gasteiger partial charge in [0.2, 0.25) is 0 Å². The van der Waals surface area contributed by atoms with Gasteiger partial charge in [0.05, 0.1) is 11.2 Å². The molecule has 118 valence electrons. The monoisotopic (exact) mass is 304 g/mol. The number of aromatic nitrogens is 2. The molecule has 5 nitrogen and oxygen atoms in total. The van der Waals surface area contributed by atoms with Gasteiger partial charge in [-0.3, -0.25) is 9.89 Å². The largest absolute Gasteiger partial charge is 0.344 e. The fraction of sp³-hybridized carbons (Fsp3) is 0.375. The number of amides is 1. The predicted octanol–water partition coefficient (Wildman–Crippen LogP) is 2.32. The van der Waals surface area contributed by atoms with Gasteiger partial charge in [0.1, 0.15) is 11.5 Å². The molecule has 1 aromatic carbocycles. The van der Waals surface area contributed by atoms with E-state index in [1.807, 2.05) is 20.8 Å². The van der Waals surface area contributed by atoms with Crippen LogP contribution in [-0.4, -0.2) is 28.2 Å². The Hall–Kier alpha value is -2.21. The van der Waals surface area contributed by atoms with E-state index in [9.17, 15) is 9.18 Å². The molecule has 0 aliphatic heterocycles. The van der Waals surface area contributed by atoms with E-state index in [2.05, 4.69) is 15.5 Å². The van der Waals surface area contributed by atoms with Gasteiger partial charge in [-0.05, 0) is 43.2 Å². The lowest BCUT2D eigenvalue weighted by Gasteiger charge is -2.33. The van der Waals surface area contributed by atoms with Crippen LogP contribution < -0.4 is 11.1 Å². The third-order valence-electron chi connectivity index (χ3n) is 4.06. The van der Waals surface area contributed by atoms with Gasteiger partial charge in [0.25, 0.3) is 5.91 Å². The number of carbonyl (C=O) groups is 1. The van der Waals surface area contributed by atoms with Crippen molar-refractivity contribution < 1.29 is 9.18 Å².